The molecule has 4 rings (SSSR count). The Morgan fingerprint density at radius 3 is 2.33 bits per heavy atom. The van der Waals surface area contributed by atoms with Crippen LogP contribution in [0.25, 0.3) is 0 Å². The van der Waals surface area contributed by atoms with Crippen LogP contribution in [0.3, 0.4) is 0 Å². The summed E-state index contributed by atoms with van der Waals surface area (Å²) < 4.78 is 5.52. The van der Waals surface area contributed by atoms with E-state index in [1.165, 1.54) is 0 Å². The zero-order chi connectivity index (χ0) is 21.5. The zero-order valence-corrected chi connectivity index (χ0v) is 18.4. The monoisotopic (exact) mass is 426 g/mol. The fraction of sp³-hybridized carbons (Fsp3) is 0.417. The quantitative estimate of drug-likeness (QED) is 0.600. The van der Waals surface area contributed by atoms with E-state index in [0.717, 1.165) is 11.3 Å². The molecule has 0 N–H and O–H groups in total. The molecule has 2 fully saturated rings. The van der Waals surface area contributed by atoms with Crippen LogP contribution in [0.2, 0.25) is 5.02 Å². The van der Waals surface area contributed by atoms with Crippen molar-refractivity contribution in [1.82, 2.24) is 4.90 Å². The summed E-state index contributed by atoms with van der Waals surface area (Å²) in [7, 11) is 0. The zero-order valence-electron chi connectivity index (χ0n) is 17.6. The molecule has 0 saturated carbocycles. The fourth-order valence-corrected chi connectivity index (χ4v) is 4.74. The van der Waals surface area contributed by atoms with Gasteiger partial charge >= 0.3 is 6.09 Å². The van der Waals surface area contributed by atoms with Gasteiger partial charge in [-0.3, -0.25) is 4.79 Å². The second kappa shape index (κ2) is 7.62. The van der Waals surface area contributed by atoms with Crippen LogP contribution in [0.15, 0.2) is 54.6 Å². The summed E-state index contributed by atoms with van der Waals surface area (Å²) in [6, 6.07) is 17.4. The van der Waals surface area contributed by atoms with Crippen molar-refractivity contribution >= 4 is 29.3 Å². The molecule has 2 aromatic carbocycles. The van der Waals surface area contributed by atoms with Gasteiger partial charge in [0.05, 0.1) is 11.5 Å². The lowest BCUT2D eigenvalue weighted by Gasteiger charge is -2.58. The first-order valence-electron chi connectivity index (χ1n) is 10.3. The number of hydrogen-bond donors (Lipinski definition) is 0. The number of amides is 2. The molecule has 1 unspecified atom stereocenters. The maximum Gasteiger partial charge on any atom is 0.410 e. The van der Waals surface area contributed by atoms with Gasteiger partial charge in [-0.15, -0.1) is 0 Å². The lowest BCUT2D eigenvalue weighted by Crippen LogP contribution is -2.67. The molecular formula is C24H27ClN2O3. The second-order valence-corrected chi connectivity index (χ2v) is 9.53. The summed E-state index contributed by atoms with van der Waals surface area (Å²) in [5, 5.41) is 0.604. The van der Waals surface area contributed by atoms with Crippen molar-refractivity contribution in [3.8, 4) is 0 Å². The molecule has 2 aromatic rings. The number of benzene rings is 2. The first kappa shape index (κ1) is 20.7. The van der Waals surface area contributed by atoms with Gasteiger partial charge in [0.1, 0.15) is 5.60 Å². The number of ether oxygens (including phenoxy) is 1. The maximum absolute atomic E-state index is 13.5. The Morgan fingerprint density at radius 1 is 1.07 bits per heavy atom. The molecule has 2 saturated heterocycles. The van der Waals surface area contributed by atoms with Gasteiger partial charge in [-0.05, 0) is 57.4 Å². The number of hydrogen-bond acceptors (Lipinski definition) is 3. The maximum atomic E-state index is 13.5. The number of rotatable bonds is 2. The van der Waals surface area contributed by atoms with Crippen LogP contribution >= 0.6 is 11.6 Å². The number of halogens is 1. The van der Waals surface area contributed by atoms with Crippen LogP contribution in [-0.4, -0.2) is 35.6 Å². The summed E-state index contributed by atoms with van der Waals surface area (Å²) >= 11 is 6.20. The van der Waals surface area contributed by atoms with Crippen molar-refractivity contribution in [3.05, 3.63) is 65.2 Å². The normalized spacial score (nSPS) is 20.8. The van der Waals surface area contributed by atoms with E-state index in [0.29, 0.717) is 31.0 Å². The van der Waals surface area contributed by atoms with Crippen LogP contribution in [0.4, 0.5) is 10.5 Å². The Balaban J connectivity index is 1.60. The van der Waals surface area contributed by atoms with Crippen LogP contribution < -0.4 is 4.90 Å². The van der Waals surface area contributed by atoms with Gasteiger partial charge in [0, 0.05) is 23.8 Å². The molecule has 30 heavy (non-hydrogen) atoms. The number of carbonyl (C=O) groups is 2. The van der Waals surface area contributed by atoms with Gasteiger partial charge in [-0.1, -0.05) is 48.0 Å². The Hall–Kier alpha value is -2.53. The predicted molar refractivity (Wildman–Crippen MR) is 118 cm³/mol. The number of likely N-dealkylation sites (tertiary alicyclic amines) is 1. The van der Waals surface area contributed by atoms with Crippen molar-refractivity contribution < 1.29 is 14.3 Å². The molecule has 5 nitrogen and oxygen atoms in total. The highest BCUT2D eigenvalue weighted by Crippen LogP contribution is 2.57. The minimum atomic E-state index is -0.533. The topological polar surface area (TPSA) is 49.9 Å². The van der Waals surface area contributed by atoms with Crippen LogP contribution in [0.1, 0.15) is 45.2 Å². The van der Waals surface area contributed by atoms with Gasteiger partial charge in [-0.2, -0.15) is 0 Å². The highest BCUT2D eigenvalue weighted by Gasteiger charge is 2.62. The molecule has 0 bridgehead atoms. The number of nitrogens with zero attached hydrogens (tertiary/aromatic N) is 2. The summed E-state index contributed by atoms with van der Waals surface area (Å²) in [5.41, 5.74) is 0.862. The van der Waals surface area contributed by atoms with E-state index < -0.39 is 11.0 Å². The Kier molecular flexibility index (Phi) is 5.27. The molecular weight excluding hydrogens is 400 g/mol. The van der Waals surface area contributed by atoms with E-state index in [4.69, 9.17) is 16.3 Å². The first-order chi connectivity index (χ1) is 14.2. The average molecular weight is 427 g/mol. The highest BCUT2D eigenvalue weighted by atomic mass is 35.5. The minimum Gasteiger partial charge on any atom is -0.444 e. The van der Waals surface area contributed by atoms with Crippen molar-refractivity contribution in [2.75, 3.05) is 18.0 Å². The molecule has 158 valence electrons. The van der Waals surface area contributed by atoms with Gasteiger partial charge < -0.3 is 14.5 Å². The lowest BCUT2D eigenvalue weighted by molar-refractivity contribution is -0.144. The van der Waals surface area contributed by atoms with E-state index in [-0.39, 0.29) is 18.0 Å². The number of anilines is 1. The molecule has 0 aromatic heterocycles. The summed E-state index contributed by atoms with van der Waals surface area (Å²) in [6.07, 6.45) is 0.913. The van der Waals surface area contributed by atoms with Crippen LogP contribution in [0.5, 0.6) is 0 Å². The smallest absolute Gasteiger partial charge is 0.410 e. The van der Waals surface area contributed by atoms with Crippen molar-refractivity contribution in [1.29, 1.82) is 0 Å². The van der Waals surface area contributed by atoms with Crippen molar-refractivity contribution in [2.45, 2.75) is 45.3 Å². The van der Waals surface area contributed by atoms with Gasteiger partial charge in [0.2, 0.25) is 5.91 Å². The molecule has 0 radical (unpaired) electrons. The highest BCUT2D eigenvalue weighted by molar-refractivity contribution is 6.31. The standard InChI is InChI=1S/C24H27ClN2O3/c1-23(2,3)30-22(29)26-14-12-24(13-15-26)20(17-8-5-4-6-9-17)27(21(24)28)19-11-7-10-18(25)16-19/h4-11,16,20H,12-15H2,1-3H3. The Morgan fingerprint density at radius 2 is 1.73 bits per heavy atom. The SMILES string of the molecule is CC(C)(C)OC(=O)N1CCC2(CC1)C(=O)N(c1cccc(Cl)c1)C2c1ccccc1. The van der Waals surface area contributed by atoms with Crippen molar-refractivity contribution in [3.63, 3.8) is 0 Å². The van der Waals surface area contributed by atoms with Crippen LogP contribution in [0, 0.1) is 5.41 Å². The van der Waals surface area contributed by atoms with E-state index in [2.05, 4.69) is 12.1 Å². The number of β-lactam (4-membered cyclic amide) rings is 1. The minimum absolute atomic E-state index is 0.0783. The largest absolute Gasteiger partial charge is 0.444 e. The molecule has 2 heterocycles. The van der Waals surface area contributed by atoms with E-state index in [1.54, 1.807) is 4.90 Å². The molecule has 2 amide bonds. The summed E-state index contributed by atoms with van der Waals surface area (Å²) in [5.74, 6) is 0.0995. The Bertz CT molecular complexity index is 946. The van der Waals surface area contributed by atoms with Crippen molar-refractivity contribution in [2.24, 2.45) is 5.41 Å². The molecule has 2 aliphatic heterocycles. The van der Waals surface area contributed by atoms with Gasteiger partial charge in [0.15, 0.2) is 0 Å². The van der Waals surface area contributed by atoms with Gasteiger partial charge in [-0.25, -0.2) is 4.79 Å². The third kappa shape index (κ3) is 3.67. The molecule has 2 aliphatic rings. The van der Waals surface area contributed by atoms with E-state index >= 15 is 0 Å². The predicted octanol–water partition coefficient (Wildman–Crippen LogP) is 5.45. The third-order valence-electron chi connectivity index (χ3n) is 5.94. The van der Waals surface area contributed by atoms with Gasteiger partial charge in [0.25, 0.3) is 0 Å². The lowest BCUT2D eigenvalue weighted by atomic mass is 9.62. The first-order valence-corrected chi connectivity index (χ1v) is 10.7. The Labute approximate surface area is 182 Å². The number of piperidine rings is 1. The summed E-state index contributed by atoms with van der Waals surface area (Å²) in [6.45, 7) is 6.60. The second-order valence-electron chi connectivity index (χ2n) is 9.09. The van der Waals surface area contributed by atoms with E-state index in [9.17, 15) is 9.59 Å². The van der Waals surface area contributed by atoms with E-state index in [1.807, 2.05) is 68.1 Å². The average Bonchev–Trinajstić information content (AvgIpc) is 2.71. The number of carbonyl (C=O) groups excluding carboxylic acids is 2. The molecule has 0 aliphatic carbocycles. The molecule has 1 spiro atoms. The summed E-state index contributed by atoms with van der Waals surface area (Å²) in [4.78, 5) is 29.5. The molecule has 1 atom stereocenters. The van der Waals surface area contributed by atoms with Crippen LogP contribution in [-0.2, 0) is 9.53 Å². The third-order valence-corrected chi connectivity index (χ3v) is 6.17. The molecule has 6 heteroatoms. The fourth-order valence-electron chi connectivity index (χ4n) is 4.55.